The molecule has 3 amide bonds. The molecule has 3 heterocycles. The van der Waals surface area contributed by atoms with E-state index >= 15 is 0 Å². The highest BCUT2D eigenvalue weighted by Gasteiger charge is 2.43. The zero-order chi connectivity index (χ0) is 46.6. The second-order valence-electron chi connectivity index (χ2n) is 19.0. The SMILES string of the molecule is CC[C@H](C)[C@@H]([C@@H](CC(=O)N1CCC[C@H]1[C@H](OC)[C@@H](C)C(=O)C[C@@H](Cc1ccccc1)C1=NCN=N1)OC)N(C)C(=O)[C@@H](N=C(N(C)C)N1CCN(C(=O)OC(C)(C)C)CC1)C(C)C. The first-order valence-electron chi connectivity index (χ1n) is 22.9. The van der Waals surface area contributed by atoms with Gasteiger partial charge in [-0.15, -0.1) is 5.11 Å². The number of azo groups is 1. The molecule has 0 saturated carbocycles. The number of amides is 3. The highest BCUT2D eigenvalue weighted by atomic mass is 16.6. The van der Waals surface area contributed by atoms with Gasteiger partial charge in [-0.1, -0.05) is 71.4 Å². The van der Waals surface area contributed by atoms with Crippen molar-refractivity contribution in [2.75, 3.05) is 74.8 Å². The number of hydrogen-bond acceptors (Lipinski definition) is 11. The minimum Gasteiger partial charge on any atom is -0.444 e. The van der Waals surface area contributed by atoms with Crippen molar-refractivity contribution >= 4 is 35.5 Å². The quantitative estimate of drug-likeness (QED) is 0.119. The molecule has 63 heavy (non-hydrogen) atoms. The van der Waals surface area contributed by atoms with Crippen LogP contribution in [0.15, 0.2) is 50.5 Å². The lowest BCUT2D eigenvalue weighted by molar-refractivity contribution is -0.146. The maximum Gasteiger partial charge on any atom is 0.410 e. The smallest absolute Gasteiger partial charge is 0.410 e. The molecule has 8 atom stereocenters. The first-order chi connectivity index (χ1) is 29.8. The van der Waals surface area contributed by atoms with Crippen molar-refractivity contribution in [2.45, 2.75) is 130 Å². The second kappa shape index (κ2) is 23.5. The maximum atomic E-state index is 14.7. The molecule has 2 fully saturated rings. The van der Waals surface area contributed by atoms with Crippen LogP contribution in [0.1, 0.15) is 93.1 Å². The van der Waals surface area contributed by atoms with Crippen molar-refractivity contribution in [2.24, 2.45) is 43.9 Å². The molecule has 16 nitrogen and oxygen atoms in total. The average Bonchev–Trinajstić information content (AvgIpc) is 3.97. The molecule has 0 spiro atoms. The number of amidine groups is 1. The molecule has 3 aliphatic rings. The average molecular weight is 880 g/mol. The largest absolute Gasteiger partial charge is 0.444 e. The van der Waals surface area contributed by atoms with Crippen molar-refractivity contribution in [1.29, 1.82) is 0 Å². The Morgan fingerprint density at radius 2 is 1.56 bits per heavy atom. The van der Waals surface area contributed by atoms with E-state index in [0.29, 0.717) is 57.4 Å². The van der Waals surface area contributed by atoms with E-state index in [0.717, 1.165) is 18.4 Å². The highest BCUT2D eigenvalue weighted by molar-refractivity contribution is 5.92. The van der Waals surface area contributed by atoms with E-state index in [-0.39, 0.29) is 67.0 Å². The van der Waals surface area contributed by atoms with Crippen LogP contribution in [0.5, 0.6) is 0 Å². The summed E-state index contributed by atoms with van der Waals surface area (Å²) < 4.78 is 17.8. The van der Waals surface area contributed by atoms with Crippen molar-refractivity contribution in [1.82, 2.24) is 24.5 Å². The molecule has 352 valence electrons. The monoisotopic (exact) mass is 880 g/mol. The number of hydrogen-bond donors (Lipinski definition) is 0. The number of carbonyl (C=O) groups excluding carboxylic acids is 4. The van der Waals surface area contributed by atoms with Gasteiger partial charge in [-0.3, -0.25) is 14.4 Å². The van der Waals surface area contributed by atoms with Crippen molar-refractivity contribution in [3.8, 4) is 0 Å². The van der Waals surface area contributed by atoms with Gasteiger partial charge in [0.05, 0.1) is 30.7 Å². The molecule has 1 aromatic rings. The maximum absolute atomic E-state index is 14.7. The Kier molecular flexibility index (Phi) is 19.1. The van der Waals surface area contributed by atoms with Gasteiger partial charge in [0, 0.05) is 86.3 Å². The van der Waals surface area contributed by atoms with Crippen LogP contribution < -0.4 is 0 Å². The molecule has 3 aliphatic heterocycles. The summed E-state index contributed by atoms with van der Waals surface area (Å²) in [6.07, 6.45) is 1.71. The number of rotatable bonds is 19. The summed E-state index contributed by atoms with van der Waals surface area (Å²) in [5, 5.41) is 8.32. The Labute approximate surface area is 376 Å². The van der Waals surface area contributed by atoms with Crippen LogP contribution >= 0.6 is 0 Å². The number of likely N-dealkylation sites (tertiary alicyclic amines) is 1. The van der Waals surface area contributed by atoms with E-state index in [4.69, 9.17) is 19.2 Å². The highest BCUT2D eigenvalue weighted by Crippen LogP contribution is 2.31. The second-order valence-corrected chi connectivity index (χ2v) is 19.0. The fourth-order valence-corrected chi connectivity index (χ4v) is 9.09. The number of guanidine groups is 1. The summed E-state index contributed by atoms with van der Waals surface area (Å²) in [6.45, 7) is 18.5. The Bertz CT molecular complexity index is 1760. The first-order valence-corrected chi connectivity index (χ1v) is 22.9. The van der Waals surface area contributed by atoms with Crippen LogP contribution in [-0.4, -0.2) is 171 Å². The predicted octanol–water partition coefficient (Wildman–Crippen LogP) is 6.04. The predicted molar refractivity (Wildman–Crippen MR) is 246 cm³/mol. The van der Waals surface area contributed by atoms with Gasteiger partial charge in [0.25, 0.3) is 0 Å². The molecule has 0 radical (unpaired) electrons. The lowest BCUT2D eigenvalue weighted by Gasteiger charge is -2.41. The third-order valence-corrected chi connectivity index (χ3v) is 12.7. The van der Waals surface area contributed by atoms with E-state index < -0.39 is 35.8 Å². The topological polar surface area (TPSA) is 162 Å². The van der Waals surface area contributed by atoms with Gasteiger partial charge in [-0.2, -0.15) is 5.11 Å². The Morgan fingerprint density at radius 3 is 2.10 bits per heavy atom. The van der Waals surface area contributed by atoms with Crippen LogP contribution in [0.2, 0.25) is 0 Å². The fraction of sp³-hybridized carbons (Fsp3) is 0.745. The summed E-state index contributed by atoms with van der Waals surface area (Å²) in [6, 6.07) is 8.58. The normalized spacial score (nSPS) is 20.5. The van der Waals surface area contributed by atoms with Crippen LogP contribution in [-0.2, 0) is 35.0 Å². The number of methoxy groups -OCH3 is 2. The van der Waals surface area contributed by atoms with Gasteiger partial charge < -0.3 is 38.7 Å². The zero-order valence-corrected chi connectivity index (χ0v) is 40.5. The number of carbonyl (C=O) groups is 4. The van der Waals surface area contributed by atoms with Gasteiger partial charge in [0.1, 0.15) is 17.4 Å². The molecule has 0 N–H and O–H groups in total. The minimum absolute atomic E-state index is 0.00526. The number of likely N-dealkylation sites (N-methyl/N-ethyl adjacent to an activating group) is 1. The first kappa shape index (κ1) is 51.2. The van der Waals surface area contributed by atoms with Crippen LogP contribution in [0.3, 0.4) is 0 Å². The van der Waals surface area contributed by atoms with Gasteiger partial charge in [-0.25, -0.2) is 14.8 Å². The van der Waals surface area contributed by atoms with Crippen molar-refractivity contribution in [3.63, 3.8) is 0 Å². The molecular weight excluding hydrogens is 803 g/mol. The summed E-state index contributed by atoms with van der Waals surface area (Å²) in [5.41, 5.74) is 0.513. The number of aliphatic imine (C=N–C) groups is 2. The number of ether oxygens (including phenoxy) is 3. The lowest BCUT2D eigenvalue weighted by Crippen LogP contribution is -2.56. The van der Waals surface area contributed by atoms with Gasteiger partial charge >= 0.3 is 6.09 Å². The summed E-state index contributed by atoms with van der Waals surface area (Å²) in [4.78, 5) is 75.0. The molecule has 0 bridgehead atoms. The van der Waals surface area contributed by atoms with Gasteiger partial charge in [-0.05, 0) is 57.4 Å². The molecular formula is C47H77N9O7. The lowest BCUT2D eigenvalue weighted by atomic mass is 9.85. The van der Waals surface area contributed by atoms with E-state index in [2.05, 4.69) is 34.0 Å². The summed E-state index contributed by atoms with van der Waals surface area (Å²) in [5.74, 6) is 0.191. The molecule has 0 unspecified atom stereocenters. The van der Waals surface area contributed by atoms with Gasteiger partial charge in [0.2, 0.25) is 11.8 Å². The van der Waals surface area contributed by atoms with E-state index in [1.54, 1.807) is 31.1 Å². The number of ketones is 1. The minimum atomic E-state index is -0.711. The van der Waals surface area contributed by atoms with E-state index in [1.807, 2.05) is 95.8 Å². The van der Waals surface area contributed by atoms with Crippen LogP contribution in [0, 0.1) is 23.7 Å². The van der Waals surface area contributed by atoms with E-state index in [1.165, 1.54) is 0 Å². The summed E-state index contributed by atoms with van der Waals surface area (Å²) in [7, 11) is 8.84. The standard InChI is InChI=1S/C47H77N9O7/c1-14-32(4)41(53(11)44(59)40(31(2)3)50-45(52(9)10)54-23-25-55(26-24-54)46(60)63-47(6,7)8)38(61-12)29-39(58)56-22-18-21-36(56)42(62-13)33(5)37(57)28-35(43-48-30-49-51-43)27-34-19-16-15-17-20-34/h15-17,19-20,31-33,35-36,38,40-42H,14,18,21-30H2,1-13H3/t32-,33-,35+,36-,38+,40-,41-,42+/m0/s1. The number of Topliss-reactive ketones (excluding diaryl/α,β-unsaturated/α-hetero) is 1. The Balaban J connectivity index is 1.49. The van der Waals surface area contributed by atoms with Crippen LogP contribution in [0.25, 0.3) is 0 Å². The molecule has 0 aliphatic carbocycles. The number of benzene rings is 1. The molecule has 2 saturated heterocycles. The molecule has 16 heteroatoms. The third kappa shape index (κ3) is 13.8. The molecule has 1 aromatic carbocycles. The Hall–Kier alpha value is -4.44. The fourth-order valence-electron chi connectivity index (χ4n) is 9.09. The number of nitrogens with zero attached hydrogens (tertiary/aromatic N) is 9. The summed E-state index contributed by atoms with van der Waals surface area (Å²) >= 11 is 0. The third-order valence-electron chi connectivity index (χ3n) is 12.7. The van der Waals surface area contributed by atoms with Crippen LogP contribution in [0.4, 0.5) is 4.79 Å². The number of piperazine rings is 1. The van der Waals surface area contributed by atoms with Gasteiger partial charge in [0.15, 0.2) is 18.5 Å². The zero-order valence-electron chi connectivity index (χ0n) is 40.5. The molecule has 0 aromatic heterocycles. The van der Waals surface area contributed by atoms with Crippen molar-refractivity contribution < 1.29 is 33.4 Å². The Morgan fingerprint density at radius 1 is 0.905 bits per heavy atom. The van der Waals surface area contributed by atoms with E-state index in [9.17, 15) is 19.2 Å². The molecule has 4 rings (SSSR count). The van der Waals surface area contributed by atoms with Crippen molar-refractivity contribution in [3.05, 3.63) is 35.9 Å².